The van der Waals surface area contributed by atoms with Crippen molar-refractivity contribution in [1.29, 1.82) is 0 Å². The molecule has 0 aliphatic rings. The summed E-state index contributed by atoms with van der Waals surface area (Å²) in [5.74, 6) is -0.481. The zero-order chi connectivity index (χ0) is 10.9. The minimum atomic E-state index is -0.481. The summed E-state index contributed by atoms with van der Waals surface area (Å²) in [7, 11) is 1.89. The van der Waals surface area contributed by atoms with Crippen molar-refractivity contribution in [2.75, 3.05) is 17.7 Å². The SMILES string of the molecule is CC(C)N(C)c1cc(Cl)c(F)cc1N. The maximum atomic E-state index is 13.0. The van der Waals surface area contributed by atoms with Crippen LogP contribution in [0.25, 0.3) is 0 Å². The highest BCUT2D eigenvalue weighted by Gasteiger charge is 2.11. The molecule has 0 unspecified atom stereocenters. The van der Waals surface area contributed by atoms with Crippen LogP contribution in [0, 0.1) is 5.82 Å². The van der Waals surface area contributed by atoms with Gasteiger partial charge in [-0.1, -0.05) is 11.6 Å². The molecule has 0 aliphatic heterocycles. The lowest BCUT2D eigenvalue weighted by Crippen LogP contribution is -2.26. The molecule has 0 amide bonds. The number of nitrogens with two attached hydrogens (primary N) is 1. The Kier molecular flexibility index (Phi) is 3.21. The van der Waals surface area contributed by atoms with Gasteiger partial charge in [0.25, 0.3) is 0 Å². The quantitative estimate of drug-likeness (QED) is 0.771. The molecule has 1 rings (SSSR count). The van der Waals surface area contributed by atoms with Crippen molar-refractivity contribution < 1.29 is 4.39 Å². The van der Waals surface area contributed by atoms with Crippen LogP contribution in [0.2, 0.25) is 5.02 Å². The summed E-state index contributed by atoms with van der Waals surface area (Å²) in [5.41, 5.74) is 6.85. The van der Waals surface area contributed by atoms with Crippen LogP contribution >= 0.6 is 11.6 Å². The summed E-state index contributed by atoms with van der Waals surface area (Å²) < 4.78 is 13.0. The Morgan fingerprint density at radius 2 is 2.00 bits per heavy atom. The van der Waals surface area contributed by atoms with Gasteiger partial charge in [0, 0.05) is 19.2 Å². The van der Waals surface area contributed by atoms with E-state index in [4.69, 9.17) is 17.3 Å². The van der Waals surface area contributed by atoms with E-state index < -0.39 is 5.82 Å². The Morgan fingerprint density at radius 1 is 1.43 bits per heavy atom. The average molecular weight is 217 g/mol. The van der Waals surface area contributed by atoms with Crippen LogP contribution in [-0.4, -0.2) is 13.1 Å². The third kappa shape index (κ3) is 2.10. The molecule has 0 saturated carbocycles. The molecule has 1 aromatic rings. The molecule has 0 saturated heterocycles. The largest absolute Gasteiger partial charge is 0.397 e. The van der Waals surface area contributed by atoms with Crippen molar-refractivity contribution in [3.8, 4) is 0 Å². The van der Waals surface area contributed by atoms with Gasteiger partial charge in [0.05, 0.1) is 16.4 Å². The first kappa shape index (κ1) is 11.1. The van der Waals surface area contributed by atoms with Gasteiger partial charge < -0.3 is 10.6 Å². The highest BCUT2D eigenvalue weighted by Crippen LogP contribution is 2.29. The summed E-state index contributed by atoms with van der Waals surface area (Å²) in [5, 5.41) is 0.0988. The van der Waals surface area contributed by atoms with Crippen LogP contribution in [0.4, 0.5) is 15.8 Å². The summed E-state index contributed by atoms with van der Waals surface area (Å²) in [4.78, 5) is 1.95. The van der Waals surface area contributed by atoms with Crippen molar-refractivity contribution >= 4 is 23.0 Å². The van der Waals surface area contributed by atoms with Gasteiger partial charge >= 0.3 is 0 Å². The molecule has 14 heavy (non-hydrogen) atoms. The number of halogens is 2. The van der Waals surface area contributed by atoms with Crippen LogP contribution in [0.3, 0.4) is 0 Å². The topological polar surface area (TPSA) is 29.3 Å². The third-order valence-corrected chi connectivity index (χ3v) is 2.51. The van der Waals surface area contributed by atoms with E-state index in [1.165, 1.54) is 6.07 Å². The van der Waals surface area contributed by atoms with Gasteiger partial charge in [0.15, 0.2) is 0 Å². The van der Waals surface area contributed by atoms with Gasteiger partial charge in [0.1, 0.15) is 5.82 Å². The Morgan fingerprint density at radius 3 is 2.50 bits per heavy atom. The van der Waals surface area contributed by atoms with Crippen molar-refractivity contribution in [2.24, 2.45) is 0 Å². The second-order valence-electron chi connectivity index (χ2n) is 3.53. The fraction of sp³-hybridized carbons (Fsp3) is 0.400. The zero-order valence-corrected chi connectivity index (χ0v) is 9.27. The van der Waals surface area contributed by atoms with E-state index in [2.05, 4.69) is 0 Å². The van der Waals surface area contributed by atoms with Gasteiger partial charge in [-0.3, -0.25) is 0 Å². The van der Waals surface area contributed by atoms with Gasteiger partial charge in [-0.25, -0.2) is 4.39 Å². The number of hydrogen-bond donors (Lipinski definition) is 1. The van der Waals surface area contributed by atoms with Crippen LogP contribution in [0.15, 0.2) is 12.1 Å². The van der Waals surface area contributed by atoms with E-state index in [0.717, 1.165) is 5.69 Å². The average Bonchev–Trinajstić information content (AvgIpc) is 2.10. The van der Waals surface area contributed by atoms with Gasteiger partial charge in [0.2, 0.25) is 0 Å². The molecule has 1 aromatic carbocycles. The molecule has 0 radical (unpaired) electrons. The normalized spacial score (nSPS) is 10.7. The minimum absolute atomic E-state index is 0.0988. The first-order valence-electron chi connectivity index (χ1n) is 4.41. The maximum absolute atomic E-state index is 13.0. The van der Waals surface area contributed by atoms with Crippen molar-refractivity contribution in [1.82, 2.24) is 0 Å². The summed E-state index contributed by atoms with van der Waals surface area (Å²) in [6, 6.07) is 3.08. The zero-order valence-electron chi connectivity index (χ0n) is 8.51. The van der Waals surface area contributed by atoms with E-state index in [1.54, 1.807) is 6.07 Å². The fourth-order valence-corrected chi connectivity index (χ4v) is 1.29. The van der Waals surface area contributed by atoms with Crippen LogP contribution in [-0.2, 0) is 0 Å². The maximum Gasteiger partial charge on any atom is 0.143 e. The highest BCUT2D eigenvalue weighted by atomic mass is 35.5. The fourth-order valence-electron chi connectivity index (χ4n) is 1.14. The smallest absolute Gasteiger partial charge is 0.143 e. The highest BCUT2D eigenvalue weighted by molar-refractivity contribution is 6.31. The molecular weight excluding hydrogens is 203 g/mol. The summed E-state index contributed by atoms with van der Waals surface area (Å²) >= 11 is 5.68. The van der Waals surface area contributed by atoms with Crippen molar-refractivity contribution in [2.45, 2.75) is 19.9 Å². The van der Waals surface area contributed by atoms with Crippen LogP contribution < -0.4 is 10.6 Å². The number of nitrogens with zero attached hydrogens (tertiary/aromatic N) is 1. The third-order valence-electron chi connectivity index (χ3n) is 2.22. The van der Waals surface area contributed by atoms with Gasteiger partial charge in [-0.15, -0.1) is 0 Å². The monoisotopic (exact) mass is 216 g/mol. The second-order valence-corrected chi connectivity index (χ2v) is 3.94. The molecule has 0 spiro atoms. The molecule has 0 bridgehead atoms. The van der Waals surface area contributed by atoms with Gasteiger partial charge in [-0.05, 0) is 19.9 Å². The van der Waals surface area contributed by atoms with E-state index >= 15 is 0 Å². The first-order chi connectivity index (χ1) is 6.43. The summed E-state index contributed by atoms with van der Waals surface area (Å²) in [6.45, 7) is 4.05. The minimum Gasteiger partial charge on any atom is -0.397 e. The molecule has 0 aliphatic carbocycles. The Bertz CT molecular complexity index is 339. The number of benzene rings is 1. The second kappa shape index (κ2) is 4.05. The lowest BCUT2D eigenvalue weighted by Gasteiger charge is -2.25. The Labute approximate surface area is 88.5 Å². The number of nitrogen functional groups attached to an aromatic ring is 1. The van der Waals surface area contributed by atoms with Gasteiger partial charge in [-0.2, -0.15) is 0 Å². The molecular formula is C10H14ClFN2. The molecule has 4 heteroatoms. The lowest BCUT2D eigenvalue weighted by molar-refractivity contribution is 0.628. The van der Waals surface area contributed by atoms with E-state index in [-0.39, 0.29) is 5.02 Å². The molecule has 0 aromatic heterocycles. The standard InChI is InChI=1S/C10H14ClFN2/c1-6(2)14(3)10-4-7(11)8(12)5-9(10)13/h4-6H,13H2,1-3H3. The Balaban J connectivity index is 3.15. The molecule has 0 fully saturated rings. The number of anilines is 2. The van der Waals surface area contributed by atoms with Crippen molar-refractivity contribution in [3.63, 3.8) is 0 Å². The van der Waals surface area contributed by atoms with Crippen molar-refractivity contribution in [3.05, 3.63) is 23.0 Å². The van der Waals surface area contributed by atoms with Crippen LogP contribution in [0.5, 0.6) is 0 Å². The molecule has 2 nitrogen and oxygen atoms in total. The molecule has 78 valence electrons. The number of hydrogen-bond acceptors (Lipinski definition) is 2. The van der Waals surface area contributed by atoms with E-state index in [9.17, 15) is 4.39 Å². The van der Waals surface area contributed by atoms with Crippen LogP contribution in [0.1, 0.15) is 13.8 Å². The predicted molar refractivity (Wildman–Crippen MR) is 59.4 cm³/mol. The molecule has 0 heterocycles. The van der Waals surface area contributed by atoms with E-state index in [0.29, 0.717) is 11.7 Å². The first-order valence-corrected chi connectivity index (χ1v) is 4.78. The lowest BCUT2D eigenvalue weighted by atomic mass is 10.2. The molecule has 0 atom stereocenters. The molecule has 2 N–H and O–H groups in total. The summed E-state index contributed by atoms with van der Waals surface area (Å²) in [6.07, 6.45) is 0. The Hall–Kier alpha value is -0.960. The van der Waals surface area contributed by atoms with E-state index in [1.807, 2.05) is 25.8 Å². The predicted octanol–water partition coefficient (Wildman–Crippen LogP) is 2.91. The number of rotatable bonds is 2.